The van der Waals surface area contributed by atoms with E-state index in [9.17, 15) is 17.6 Å². The average Bonchev–Trinajstić information content (AvgIpc) is 2.45. The molecule has 0 saturated carbocycles. The van der Waals surface area contributed by atoms with Crippen LogP contribution in [-0.2, 0) is 17.6 Å². The standard InChI is InChI=1S/C15H10F4NO/c16-14-8-4-2-5-11(14)9-20-21-10-12-6-1-3-7-13(12)15(17,18)19/h1-8H,10H2. The van der Waals surface area contributed by atoms with E-state index >= 15 is 0 Å². The first kappa shape index (κ1) is 15.0. The molecule has 2 rings (SSSR count). The first-order valence-electron chi connectivity index (χ1n) is 5.96. The highest BCUT2D eigenvalue weighted by Gasteiger charge is 2.32. The molecule has 0 aromatic heterocycles. The van der Waals surface area contributed by atoms with Gasteiger partial charge in [0.2, 0.25) is 0 Å². The van der Waals surface area contributed by atoms with Crippen LogP contribution in [-0.4, -0.2) is 6.21 Å². The van der Waals surface area contributed by atoms with Crippen molar-refractivity contribution in [3.05, 3.63) is 71.0 Å². The summed E-state index contributed by atoms with van der Waals surface area (Å²) >= 11 is 0. The fourth-order valence-electron chi connectivity index (χ4n) is 1.66. The molecule has 2 aromatic rings. The van der Waals surface area contributed by atoms with Gasteiger partial charge in [0, 0.05) is 11.1 Å². The maximum Gasteiger partial charge on any atom is 0.416 e. The highest BCUT2D eigenvalue weighted by molar-refractivity contribution is 5.79. The minimum Gasteiger partial charge on any atom is -0.390 e. The van der Waals surface area contributed by atoms with Crippen LogP contribution >= 0.6 is 0 Å². The molecular formula is C15H10F4NO. The van der Waals surface area contributed by atoms with E-state index in [0.717, 1.165) is 6.07 Å². The van der Waals surface area contributed by atoms with Gasteiger partial charge in [-0.25, -0.2) is 4.39 Å². The van der Waals surface area contributed by atoms with E-state index in [-0.39, 0.29) is 17.7 Å². The number of nitrogens with zero attached hydrogens (tertiary/aromatic N) is 1. The van der Waals surface area contributed by atoms with E-state index in [1.165, 1.54) is 36.4 Å². The molecule has 21 heavy (non-hydrogen) atoms. The molecule has 6 heteroatoms. The first-order valence-corrected chi connectivity index (χ1v) is 5.96. The summed E-state index contributed by atoms with van der Waals surface area (Å²) in [5.41, 5.74) is -0.767. The monoisotopic (exact) mass is 296 g/mol. The second kappa shape index (κ2) is 6.39. The maximum atomic E-state index is 13.2. The lowest BCUT2D eigenvalue weighted by atomic mass is 10.1. The molecule has 0 atom stereocenters. The molecule has 2 nitrogen and oxygen atoms in total. The molecule has 0 aliphatic carbocycles. The molecule has 0 amide bonds. The van der Waals surface area contributed by atoms with Crippen LogP contribution in [0.15, 0.2) is 53.7 Å². The molecule has 109 valence electrons. The van der Waals surface area contributed by atoms with Gasteiger partial charge in [-0.2, -0.15) is 13.2 Å². The summed E-state index contributed by atoms with van der Waals surface area (Å²) in [6, 6.07) is 10.7. The van der Waals surface area contributed by atoms with Crippen molar-refractivity contribution in [1.29, 1.82) is 0 Å². The lowest BCUT2D eigenvalue weighted by Crippen LogP contribution is -2.09. The van der Waals surface area contributed by atoms with Crippen LogP contribution in [0.4, 0.5) is 17.6 Å². The van der Waals surface area contributed by atoms with Gasteiger partial charge in [0.15, 0.2) is 0 Å². The second-order valence-electron chi connectivity index (χ2n) is 4.11. The SMILES string of the molecule is Fc1ccccc1/[C]=N\OCc1ccccc1C(F)(F)F. The Balaban J connectivity index is 2.03. The van der Waals surface area contributed by atoms with E-state index in [2.05, 4.69) is 11.4 Å². The summed E-state index contributed by atoms with van der Waals surface area (Å²) in [6.07, 6.45) is -2.17. The van der Waals surface area contributed by atoms with Crippen molar-refractivity contribution in [3.8, 4) is 0 Å². The smallest absolute Gasteiger partial charge is 0.390 e. The Morgan fingerprint density at radius 2 is 1.67 bits per heavy atom. The normalized spacial score (nSPS) is 11.8. The molecule has 2 aromatic carbocycles. The second-order valence-corrected chi connectivity index (χ2v) is 4.11. The van der Waals surface area contributed by atoms with Gasteiger partial charge in [-0.1, -0.05) is 35.5 Å². The summed E-state index contributed by atoms with van der Waals surface area (Å²) in [5.74, 6) is -0.541. The molecule has 0 fully saturated rings. The number of halogens is 4. The molecule has 1 radical (unpaired) electrons. The van der Waals surface area contributed by atoms with Gasteiger partial charge >= 0.3 is 6.18 Å². The minimum absolute atomic E-state index is 0.0518. The molecule has 0 saturated heterocycles. The van der Waals surface area contributed by atoms with E-state index in [1.54, 1.807) is 6.07 Å². The number of benzene rings is 2. The van der Waals surface area contributed by atoms with Gasteiger partial charge in [-0.05, 0) is 18.2 Å². The lowest BCUT2D eigenvalue weighted by molar-refractivity contribution is -0.138. The Morgan fingerprint density at radius 1 is 1.00 bits per heavy atom. The van der Waals surface area contributed by atoms with E-state index < -0.39 is 17.6 Å². The van der Waals surface area contributed by atoms with Crippen molar-refractivity contribution < 1.29 is 22.4 Å². The zero-order chi connectivity index (χ0) is 15.3. The number of rotatable bonds is 4. The quantitative estimate of drug-likeness (QED) is 0.469. The molecule has 0 aliphatic heterocycles. The summed E-state index contributed by atoms with van der Waals surface area (Å²) in [4.78, 5) is 4.76. The third-order valence-electron chi connectivity index (χ3n) is 2.65. The Labute approximate surface area is 118 Å². The van der Waals surface area contributed by atoms with Crippen molar-refractivity contribution in [2.24, 2.45) is 5.16 Å². The Hall–Kier alpha value is -2.37. The topological polar surface area (TPSA) is 21.6 Å². The molecule has 0 spiro atoms. The number of alkyl halides is 3. The lowest BCUT2D eigenvalue weighted by Gasteiger charge is -2.11. The molecule has 0 aliphatic rings. The van der Waals surface area contributed by atoms with Crippen molar-refractivity contribution in [2.75, 3.05) is 0 Å². The van der Waals surface area contributed by atoms with E-state index in [0.29, 0.717) is 0 Å². The van der Waals surface area contributed by atoms with Crippen LogP contribution in [0.1, 0.15) is 16.7 Å². The zero-order valence-corrected chi connectivity index (χ0v) is 10.7. The molecule has 0 heterocycles. The van der Waals surface area contributed by atoms with Gasteiger partial charge in [0.25, 0.3) is 0 Å². The number of hydrogen-bond donors (Lipinski definition) is 0. The van der Waals surface area contributed by atoms with E-state index in [4.69, 9.17) is 4.84 Å². The summed E-state index contributed by atoms with van der Waals surface area (Å²) < 4.78 is 51.4. The zero-order valence-electron chi connectivity index (χ0n) is 10.7. The predicted molar refractivity (Wildman–Crippen MR) is 69.2 cm³/mol. The van der Waals surface area contributed by atoms with Crippen molar-refractivity contribution in [2.45, 2.75) is 12.8 Å². The summed E-state index contributed by atoms with van der Waals surface area (Å²) in [7, 11) is 0. The third-order valence-corrected chi connectivity index (χ3v) is 2.65. The molecular weight excluding hydrogens is 286 g/mol. The van der Waals surface area contributed by atoms with Crippen LogP contribution in [0.25, 0.3) is 0 Å². The Kier molecular flexibility index (Phi) is 4.57. The highest BCUT2D eigenvalue weighted by atomic mass is 19.4. The van der Waals surface area contributed by atoms with Crippen LogP contribution in [0.5, 0.6) is 0 Å². The first-order chi connectivity index (χ1) is 9.98. The fraction of sp³-hybridized carbons (Fsp3) is 0.133. The van der Waals surface area contributed by atoms with Crippen LogP contribution < -0.4 is 0 Å². The van der Waals surface area contributed by atoms with Crippen molar-refractivity contribution in [1.82, 2.24) is 0 Å². The van der Waals surface area contributed by atoms with Gasteiger partial charge in [-0.3, -0.25) is 0 Å². The van der Waals surface area contributed by atoms with Crippen LogP contribution in [0, 0.1) is 5.82 Å². The minimum atomic E-state index is -4.46. The van der Waals surface area contributed by atoms with Crippen molar-refractivity contribution >= 4 is 6.21 Å². The Bertz CT molecular complexity index is 638. The molecule has 0 unspecified atom stereocenters. The van der Waals surface area contributed by atoms with Crippen LogP contribution in [0.2, 0.25) is 0 Å². The summed E-state index contributed by atoms with van der Waals surface area (Å²) in [6.45, 7) is -0.378. The average molecular weight is 296 g/mol. The van der Waals surface area contributed by atoms with Gasteiger partial charge < -0.3 is 4.84 Å². The Morgan fingerprint density at radius 3 is 2.38 bits per heavy atom. The van der Waals surface area contributed by atoms with Crippen molar-refractivity contribution in [3.63, 3.8) is 0 Å². The largest absolute Gasteiger partial charge is 0.416 e. The maximum absolute atomic E-state index is 13.2. The van der Waals surface area contributed by atoms with E-state index in [1.807, 2.05) is 0 Å². The molecule has 0 bridgehead atoms. The fourth-order valence-corrected chi connectivity index (χ4v) is 1.66. The number of hydrogen-bond acceptors (Lipinski definition) is 2. The highest BCUT2D eigenvalue weighted by Crippen LogP contribution is 2.32. The van der Waals surface area contributed by atoms with Gasteiger partial charge in [0.1, 0.15) is 18.6 Å². The summed E-state index contributed by atoms with van der Waals surface area (Å²) in [5, 5.41) is 3.36. The molecule has 0 N–H and O–H groups in total. The van der Waals surface area contributed by atoms with Gasteiger partial charge in [-0.15, -0.1) is 0 Å². The third kappa shape index (κ3) is 4.05. The predicted octanol–water partition coefficient (Wildman–Crippen LogP) is 4.27. The van der Waals surface area contributed by atoms with Crippen LogP contribution in [0.3, 0.4) is 0 Å². The van der Waals surface area contributed by atoms with Gasteiger partial charge in [0.05, 0.1) is 5.56 Å².